The second-order valence-electron chi connectivity index (χ2n) is 7.57. The molecule has 2 saturated carbocycles. The van der Waals surface area contributed by atoms with Crippen molar-refractivity contribution in [1.82, 2.24) is 9.80 Å². The minimum atomic E-state index is 0.831. The van der Waals surface area contributed by atoms with E-state index in [2.05, 4.69) is 23.6 Å². The molecule has 0 aromatic heterocycles. The van der Waals surface area contributed by atoms with Crippen LogP contribution < -0.4 is 0 Å². The number of likely N-dealkylation sites (tertiary alicyclic amines) is 2. The van der Waals surface area contributed by atoms with Gasteiger partial charge < -0.3 is 4.90 Å². The van der Waals surface area contributed by atoms with Gasteiger partial charge in [-0.1, -0.05) is 0 Å². The van der Waals surface area contributed by atoms with Crippen LogP contribution in [0.3, 0.4) is 0 Å². The molecule has 6 atom stereocenters. The van der Waals surface area contributed by atoms with Crippen molar-refractivity contribution in [3.8, 4) is 0 Å². The number of hydrogen-bond acceptors (Lipinski definition) is 2. The van der Waals surface area contributed by atoms with Crippen LogP contribution in [0.4, 0.5) is 0 Å². The molecule has 2 heterocycles. The standard InChI is InChI=1S/C16H28N2/c1-11(17-9-14-7-15(14)10-17)3-4-12(2)18-6-5-13-8-16(13)18/h11-16H,3-10H2,1-2H3. The van der Waals surface area contributed by atoms with Crippen LogP contribution >= 0.6 is 0 Å². The van der Waals surface area contributed by atoms with Gasteiger partial charge in [0.25, 0.3) is 0 Å². The molecular formula is C16H28N2. The highest BCUT2D eigenvalue weighted by Gasteiger charge is 2.48. The maximum absolute atomic E-state index is 2.80. The van der Waals surface area contributed by atoms with Gasteiger partial charge >= 0.3 is 0 Å². The molecule has 0 amide bonds. The van der Waals surface area contributed by atoms with Gasteiger partial charge in [-0.05, 0) is 70.3 Å². The number of hydrogen-bond donors (Lipinski definition) is 0. The van der Waals surface area contributed by atoms with Crippen LogP contribution in [-0.2, 0) is 0 Å². The molecule has 4 rings (SSSR count). The molecule has 0 N–H and O–H groups in total. The summed E-state index contributed by atoms with van der Waals surface area (Å²) < 4.78 is 0. The van der Waals surface area contributed by atoms with Gasteiger partial charge in [0.1, 0.15) is 0 Å². The van der Waals surface area contributed by atoms with Crippen LogP contribution in [0, 0.1) is 17.8 Å². The number of nitrogens with zero attached hydrogens (tertiary/aromatic N) is 2. The van der Waals surface area contributed by atoms with Gasteiger partial charge in [0.15, 0.2) is 0 Å². The first-order chi connectivity index (χ1) is 8.72. The van der Waals surface area contributed by atoms with Crippen molar-refractivity contribution in [2.75, 3.05) is 19.6 Å². The zero-order valence-electron chi connectivity index (χ0n) is 12.0. The van der Waals surface area contributed by atoms with Gasteiger partial charge in [-0.15, -0.1) is 0 Å². The van der Waals surface area contributed by atoms with Gasteiger partial charge in [0.05, 0.1) is 0 Å². The van der Waals surface area contributed by atoms with Gasteiger partial charge in [-0.3, -0.25) is 4.90 Å². The Bertz CT molecular complexity index is 319. The van der Waals surface area contributed by atoms with E-state index in [-0.39, 0.29) is 0 Å². The Hall–Kier alpha value is -0.0800. The normalized spacial score (nSPS) is 45.7. The van der Waals surface area contributed by atoms with Crippen molar-refractivity contribution < 1.29 is 0 Å². The van der Waals surface area contributed by atoms with E-state index in [0.717, 1.165) is 35.9 Å². The summed E-state index contributed by atoms with van der Waals surface area (Å²) in [5, 5.41) is 0. The Balaban J connectivity index is 1.22. The maximum atomic E-state index is 2.80. The van der Waals surface area contributed by atoms with E-state index in [1.165, 1.54) is 51.7 Å². The zero-order chi connectivity index (χ0) is 12.3. The van der Waals surface area contributed by atoms with Gasteiger partial charge in [0, 0.05) is 31.2 Å². The van der Waals surface area contributed by atoms with E-state index in [0.29, 0.717) is 0 Å². The Morgan fingerprint density at radius 1 is 0.944 bits per heavy atom. The van der Waals surface area contributed by atoms with E-state index in [1.807, 2.05) is 0 Å². The van der Waals surface area contributed by atoms with Crippen LogP contribution in [0.1, 0.15) is 46.0 Å². The molecule has 2 heteroatoms. The smallest absolute Gasteiger partial charge is 0.0131 e. The highest BCUT2D eigenvalue weighted by atomic mass is 15.2. The fourth-order valence-electron chi connectivity index (χ4n) is 4.60. The summed E-state index contributed by atoms with van der Waals surface area (Å²) in [4.78, 5) is 5.56. The highest BCUT2D eigenvalue weighted by Crippen LogP contribution is 2.47. The van der Waals surface area contributed by atoms with Crippen molar-refractivity contribution in [2.24, 2.45) is 17.8 Å². The fraction of sp³-hybridized carbons (Fsp3) is 1.00. The first-order valence-electron chi connectivity index (χ1n) is 8.22. The van der Waals surface area contributed by atoms with Crippen LogP contribution in [0.2, 0.25) is 0 Å². The monoisotopic (exact) mass is 248 g/mol. The summed E-state index contributed by atoms with van der Waals surface area (Å²) in [5.41, 5.74) is 0. The van der Waals surface area contributed by atoms with E-state index in [1.54, 1.807) is 0 Å². The van der Waals surface area contributed by atoms with Gasteiger partial charge in [-0.2, -0.15) is 0 Å². The molecular weight excluding hydrogens is 220 g/mol. The summed E-state index contributed by atoms with van der Waals surface area (Å²) in [6.07, 6.45) is 7.36. The molecule has 6 unspecified atom stereocenters. The molecule has 0 bridgehead atoms. The molecule has 4 fully saturated rings. The minimum absolute atomic E-state index is 0.831. The molecule has 2 saturated heterocycles. The molecule has 0 aromatic carbocycles. The first kappa shape index (κ1) is 11.7. The third-order valence-electron chi connectivity index (χ3n) is 6.27. The van der Waals surface area contributed by atoms with Crippen LogP contribution in [0.15, 0.2) is 0 Å². The summed E-state index contributed by atoms with van der Waals surface area (Å²) in [7, 11) is 0. The topological polar surface area (TPSA) is 6.48 Å². The number of rotatable bonds is 5. The Morgan fingerprint density at radius 3 is 2.28 bits per heavy atom. The Morgan fingerprint density at radius 2 is 1.67 bits per heavy atom. The van der Waals surface area contributed by atoms with E-state index < -0.39 is 0 Å². The van der Waals surface area contributed by atoms with E-state index >= 15 is 0 Å². The van der Waals surface area contributed by atoms with Gasteiger partial charge in [0.2, 0.25) is 0 Å². The average molecular weight is 248 g/mol. The first-order valence-corrected chi connectivity index (χ1v) is 8.22. The maximum Gasteiger partial charge on any atom is 0.0131 e. The third-order valence-corrected chi connectivity index (χ3v) is 6.27. The summed E-state index contributed by atoms with van der Waals surface area (Å²) in [5.74, 6) is 3.28. The lowest BCUT2D eigenvalue weighted by Gasteiger charge is -2.30. The molecule has 0 aromatic rings. The van der Waals surface area contributed by atoms with Crippen molar-refractivity contribution in [3.05, 3.63) is 0 Å². The lowest BCUT2D eigenvalue weighted by Crippen LogP contribution is -2.36. The van der Waals surface area contributed by atoms with Crippen LogP contribution in [0.5, 0.6) is 0 Å². The minimum Gasteiger partial charge on any atom is -0.300 e. The molecule has 2 aliphatic heterocycles. The van der Waals surface area contributed by atoms with Crippen LogP contribution in [0.25, 0.3) is 0 Å². The second kappa shape index (κ2) is 4.21. The highest BCUT2D eigenvalue weighted by molar-refractivity contribution is 5.02. The van der Waals surface area contributed by atoms with Crippen molar-refractivity contribution >= 4 is 0 Å². The Kier molecular flexibility index (Phi) is 2.74. The molecule has 0 radical (unpaired) electrons. The molecule has 0 spiro atoms. The van der Waals surface area contributed by atoms with Crippen molar-refractivity contribution in [3.63, 3.8) is 0 Å². The fourth-order valence-corrected chi connectivity index (χ4v) is 4.60. The molecule has 4 aliphatic rings. The second-order valence-corrected chi connectivity index (χ2v) is 7.57. The summed E-state index contributed by atoms with van der Waals surface area (Å²) in [6.45, 7) is 9.14. The molecule has 2 nitrogen and oxygen atoms in total. The summed E-state index contributed by atoms with van der Waals surface area (Å²) in [6, 6.07) is 2.66. The quantitative estimate of drug-likeness (QED) is 0.738. The largest absolute Gasteiger partial charge is 0.300 e. The van der Waals surface area contributed by atoms with Crippen molar-refractivity contribution in [2.45, 2.75) is 64.1 Å². The molecule has 2 aliphatic carbocycles. The molecule has 102 valence electrons. The van der Waals surface area contributed by atoms with Gasteiger partial charge in [-0.25, -0.2) is 0 Å². The average Bonchev–Trinajstić information content (AvgIpc) is 3.24. The number of fused-ring (bicyclic) bond motifs is 2. The number of piperidine rings is 2. The SMILES string of the molecule is CC(CCC(C)N1CCC2CC21)N1CC2CC2C1. The predicted molar refractivity (Wildman–Crippen MR) is 74.5 cm³/mol. The predicted octanol–water partition coefficient (Wildman–Crippen LogP) is 2.59. The summed E-state index contributed by atoms with van der Waals surface area (Å²) >= 11 is 0. The van der Waals surface area contributed by atoms with E-state index in [4.69, 9.17) is 0 Å². The van der Waals surface area contributed by atoms with Crippen LogP contribution in [-0.4, -0.2) is 47.6 Å². The lowest BCUT2D eigenvalue weighted by molar-refractivity contribution is 0.177. The lowest BCUT2D eigenvalue weighted by atomic mass is 10.1. The molecule has 18 heavy (non-hydrogen) atoms. The van der Waals surface area contributed by atoms with E-state index in [9.17, 15) is 0 Å². The third kappa shape index (κ3) is 2.02. The zero-order valence-corrected chi connectivity index (χ0v) is 12.0. The Labute approximate surface area is 112 Å². The van der Waals surface area contributed by atoms with Crippen molar-refractivity contribution in [1.29, 1.82) is 0 Å².